The Labute approximate surface area is 166 Å². The molecule has 29 heavy (non-hydrogen) atoms. The normalized spacial score (nSPS) is 12.7. The van der Waals surface area contributed by atoms with Gasteiger partial charge < -0.3 is 15.0 Å². The molecule has 0 aliphatic carbocycles. The molecule has 0 bridgehead atoms. The Morgan fingerprint density at radius 3 is 2.76 bits per heavy atom. The van der Waals surface area contributed by atoms with Crippen molar-refractivity contribution in [3.05, 3.63) is 60.0 Å². The lowest BCUT2D eigenvalue weighted by molar-refractivity contribution is -0.153. The van der Waals surface area contributed by atoms with Crippen LogP contribution >= 0.6 is 0 Å². The van der Waals surface area contributed by atoms with Crippen molar-refractivity contribution in [1.29, 1.82) is 0 Å². The van der Waals surface area contributed by atoms with Crippen LogP contribution in [0.15, 0.2) is 48.8 Å². The van der Waals surface area contributed by atoms with Crippen molar-refractivity contribution in [3.8, 4) is 5.75 Å². The molecule has 3 rings (SSSR count). The van der Waals surface area contributed by atoms with Gasteiger partial charge in [0.05, 0.1) is 17.9 Å². The quantitative estimate of drug-likeness (QED) is 0.571. The number of para-hydroxylation sites is 1. The molecule has 1 atom stereocenters. The Kier molecular flexibility index (Phi) is 6.41. The molecule has 1 amide bonds. The number of hydrogen-bond donors (Lipinski definition) is 2. The van der Waals surface area contributed by atoms with Gasteiger partial charge in [-0.3, -0.25) is 9.78 Å². The lowest BCUT2D eigenvalue weighted by Gasteiger charge is -2.14. The van der Waals surface area contributed by atoms with Gasteiger partial charge in [0.25, 0.3) is 0 Å². The molecule has 0 fully saturated rings. The molecule has 0 saturated carbocycles. The number of halogens is 3. The number of nitrogens with one attached hydrogen (secondary N) is 2. The molecule has 2 N–H and O–H groups in total. The summed E-state index contributed by atoms with van der Waals surface area (Å²) in [6.07, 6.45) is 0.662. The zero-order valence-corrected chi connectivity index (χ0v) is 15.9. The molecule has 2 heterocycles. The first-order valence-corrected chi connectivity index (χ1v) is 9.32. The summed E-state index contributed by atoms with van der Waals surface area (Å²) in [5, 5.41) is 4.02. The number of aryl methyl sites for hydroxylation is 1. The fourth-order valence-corrected chi connectivity index (χ4v) is 3.06. The van der Waals surface area contributed by atoms with Crippen molar-refractivity contribution in [3.63, 3.8) is 0 Å². The van der Waals surface area contributed by atoms with E-state index in [1.54, 1.807) is 13.0 Å². The van der Waals surface area contributed by atoms with Gasteiger partial charge >= 0.3 is 6.18 Å². The van der Waals surface area contributed by atoms with E-state index < -0.39 is 12.8 Å². The molecular weight excluding hydrogens is 383 g/mol. The first-order valence-electron chi connectivity index (χ1n) is 9.32. The molecule has 8 heteroatoms. The summed E-state index contributed by atoms with van der Waals surface area (Å²) in [6.45, 7) is 0.410. The van der Waals surface area contributed by atoms with Crippen LogP contribution in [0, 0.1) is 0 Å². The standard InChI is InChI=1S/C21H22F3N3O2/c1-14(18-10-9-16(12-26-18)29-13-21(22,23)24)27-20(28)8-4-5-15-11-25-19-7-3-2-6-17(15)19/h2-3,6-7,9-12,14,25H,4-5,8,13H2,1H3,(H,27,28)/t14-/m1/s1. The van der Waals surface area contributed by atoms with Crippen LogP contribution in [0.2, 0.25) is 0 Å². The minimum Gasteiger partial charge on any atom is -0.483 e. The highest BCUT2D eigenvalue weighted by Crippen LogP contribution is 2.21. The van der Waals surface area contributed by atoms with Gasteiger partial charge in [-0.15, -0.1) is 0 Å². The number of nitrogens with zero attached hydrogens (tertiary/aromatic N) is 1. The van der Waals surface area contributed by atoms with Crippen LogP contribution in [0.3, 0.4) is 0 Å². The van der Waals surface area contributed by atoms with Crippen molar-refractivity contribution < 1.29 is 22.7 Å². The van der Waals surface area contributed by atoms with E-state index >= 15 is 0 Å². The molecule has 1 aromatic carbocycles. The number of aromatic amines is 1. The number of alkyl halides is 3. The molecule has 0 radical (unpaired) electrons. The van der Waals surface area contributed by atoms with Crippen molar-refractivity contribution in [2.75, 3.05) is 6.61 Å². The second kappa shape index (κ2) is 8.98. The van der Waals surface area contributed by atoms with Gasteiger partial charge in [0, 0.05) is 23.5 Å². The smallest absolute Gasteiger partial charge is 0.422 e. The maximum Gasteiger partial charge on any atom is 0.422 e. The lowest BCUT2D eigenvalue weighted by Crippen LogP contribution is -2.27. The van der Waals surface area contributed by atoms with Crippen molar-refractivity contribution >= 4 is 16.8 Å². The Morgan fingerprint density at radius 1 is 1.24 bits per heavy atom. The van der Waals surface area contributed by atoms with Crippen molar-refractivity contribution in [2.45, 2.75) is 38.4 Å². The average molecular weight is 405 g/mol. The van der Waals surface area contributed by atoms with E-state index in [1.165, 1.54) is 23.2 Å². The molecule has 3 aromatic rings. The lowest BCUT2D eigenvalue weighted by atomic mass is 10.1. The molecule has 0 spiro atoms. The van der Waals surface area contributed by atoms with E-state index in [0.717, 1.165) is 11.9 Å². The number of carbonyl (C=O) groups excluding carboxylic acids is 1. The second-order valence-corrected chi connectivity index (χ2v) is 6.82. The van der Waals surface area contributed by atoms with E-state index in [4.69, 9.17) is 0 Å². The highest BCUT2D eigenvalue weighted by molar-refractivity contribution is 5.83. The summed E-state index contributed by atoms with van der Waals surface area (Å²) in [4.78, 5) is 19.5. The van der Waals surface area contributed by atoms with Gasteiger partial charge in [-0.1, -0.05) is 18.2 Å². The summed E-state index contributed by atoms with van der Waals surface area (Å²) in [7, 11) is 0. The molecule has 154 valence electrons. The van der Waals surface area contributed by atoms with Crippen LogP contribution in [-0.2, 0) is 11.2 Å². The second-order valence-electron chi connectivity index (χ2n) is 6.82. The number of benzene rings is 1. The zero-order chi connectivity index (χ0) is 20.9. The van der Waals surface area contributed by atoms with E-state index in [1.807, 2.05) is 24.4 Å². The van der Waals surface area contributed by atoms with Gasteiger partial charge in [0.1, 0.15) is 5.75 Å². The molecule has 0 unspecified atom stereocenters. The van der Waals surface area contributed by atoms with Gasteiger partial charge in [-0.05, 0) is 43.5 Å². The number of H-pyrrole nitrogens is 1. The molecule has 0 aliphatic heterocycles. The summed E-state index contributed by atoms with van der Waals surface area (Å²) in [5.41, 5.74) is 2.81. The minimum atomic E-state index is -4.40. The van der Waals surface area contributed by atoms with E-state index in [9.17, 15) is 18.0 Å². The average Bonchev–Trinajstić information content (AvgIpc) is 3.09. The first kappa shape index (κ1) is 20.7. The van der Waals surface area contributed by atoms with Crippen LogP contribution in [0.5, 0.6) is 5.75 Å². The van der Waals surface area contributed by atoms with Gasteiger partial charge in [0.15, 0.2) is 6.61 Å². The number of amides is 1. The van der Waals surface area contributed by atoms with Gasteiger partial charge in [0.2, 0.25) is 5.91 Å². The summed E-state index contributed by atoms with van der Waals surface area (Å²) < 4.78 is 41.1. The Morgan fingerprint density at radius 2 is 2.03 bits per heavy atom. The zero-order valence-electron chi connectivity index (χ0n) is 15.9. The van der Waals surface area contributed by atoms with Crippen molar-refractivity contribution in [1.82, 2.24) is 15.3 Å². The fraction of sp³-hybridized carbons (Fsp3) is 0.333. The van der Waals surface area contributed by atoms with E-state index in [0.29, 0.717) is 18.5 Å². The number of ether oxygens (including phenoxy) is 1. The third kappa shape index (κ3) is 5.97. The first-order chi connectivity index (χ1) is 13.8. The molecule has 0 saturated heterocycles. The highest BCUT2D eigenvalue weighted by atomic mass is 19.4. The largest absolute Gasteiger partial charge is 0.483 e. The molecule has 2 aromatic heterocycles. The predicted molar refractivity (Wildman–Crippen MR) is 104 cm³/mol. The Bertz CT molecular complexity index is 952. The fourth-order valence-electron chi connectivity index (χ4n) is 3.06. The topological polar surface area (TPSA) is 67.0 Å². The number of carbonyl (C=O) groups is 1. The maximum absolute atomic E-state index is 12.2. The van der Waals surface area contributed by atoms with Crippen LogP contribution in [-0.4, -0.2) is 28.7 Å². The summed E-state index contributed by atoms with van der Waals surface area (Å²) >= 11 is 0. The van der Waals surface area contributed by atoms with Crippen molar-refractivity contribution in [2.24, 2.45) is 0 Å². The van der Waals surface area contributed by atoms with Crippen LogP contribution < -0.4 is 10.1 Å². The van der Waals surface area contributed by atoms with E-state index in [2.05, 4.69) is 26.1 Å². The molecule has 0 aliphatic rings. The van der Waals surface area contributed by atoms with Gasteiger partial charge in [-0.2, -0.15) is 13.2 Å². The summed E-state index contributed by atoms with van der Waals surface area (Å²) in [5.74, 6) is -0.0696. The number of hydrogen-bond acceptors (Lipinski definition) is 3. The highest BCUT2D eigenvalue weighted by Gasteiger charge is 2.28. The van der Waals surface area contributed by atoms with E-state index in [-0.39, 0.29) is 17.7 Å². The summed E-state index contributed by atoms with van der Waals surface area (Å²) in [6, 6.07) is 10.6. The minimum absolute atomic E-state index is 0.0309. The number of aromatic nitrogens is 2. The van der Waals surface area contributed by atoms with Crippen LogP contribution in [0.25, 0.3) is 10.9 Å². The third-order valence-electron chi connectivity index (χ3n) is 4.51. The molecule has 5 nitrogen and oxygen atoms in total. The Balaban J connectivity index is 1.45. The third-order valence-corrected chi connectivity index (χ3v) is 4.51. The number of fused-ring (bicyclic) bond motifs is 1. The number of pyridine rings is 1. The SMILES string of the molecule is C[C@@H](NC(=O)CCCc1c[nH]c2ccccc12)c1ccc(OCC(F)(F)F)cn1. The van der Waals surface area contributed by atoms with Gasteiger partial charge in [-0.25, -0.2) is 0 Å². The predicted octanol–water partition coefficient (Wildman–Crippen LogP) is 4.70. The van der Waals surface area contributed by atoms with Crippen LogP contribution in [0.1, 0.15) is 37.1 Å². The Hall–Kier alpha value is -3.03. The molecular formula is C21H22F3N3O2. The monoisotopic (exact) mass is 405 g/mol. The van der Waals surface area contributed by atoms with Crippen LogP contribution in [0.4, 0.5) is 13.2 Å². The maximum atomic E-state index is 12.2. The number of rotatable bonds is 8.